The maximum Gasteiger partial charge on any atom is 0.0978 e. The first-order chi connectivity index (χ1) is 19.4. The Kier molecular flexibility index (Phi) is 4.21. The monoisotopic (exact) mass is 515 g/mol. The molecule has 0 atom stereocenters. The molecule has 9 aromatic rings. The minimum atomic E-state index is 1.05. The lowest BCUT2D eigenvalue weighted by Crippen LogP contribution is -1.97. The van der Waals surface area contributed by atoms with E-state index >= 15 is 0 Å². The third-order valence-electron chi connectivity index (χ3n) is 7.97. The van der Waals surface area contributed by atoms with Crippen LogP contribution in [-0.2, 0) is 0 Å². The van der Waals surface area contributed by atoms with Crippen molar-refractivity contribution in [2.24, 2.45) is 0 Å². The van der Waals surface area contributed by atoms with Gasteiger partial charge in [-0.3, -0.25) is 4.98 Å². The van der Waals surface area contributed by atoms with E-state index in [4.69, 9.17) is 4.98 Å². The molecule has 0 aliphatic carbocycles. The minimum absolute atomic E-state index is 1.05. The highest BCUT2D eigenvalue weighted by Crippen LogP contribution is 2.42. The van der Waals surface area contributed by atoms with Crippen LogP contribution in [0.3, 0.4) is 0 Å². The number of benzene rings is 5. The summed E-state index contributed by atoms with van der Waals surface area (Å²) in [4.78, 5) is 5.01. The number of aromatic nitrogens is 3. The Morgan fingerprint density at radius 1 is 0.462 bits per heavy atom. The van der Waals surface area contributed by atoms with E-state index in [1.807, 2.05) is 11.3 Å². The molecule has 0 N–H and O–H groups in total. The normalized spacial score (nSPS) is 12.1. The number of para-hydroxylation sites is 3. The second kappa shape index (κ2) is 7.79. The Hall–Kier alpha value is -4.93. The third-order valence-corrected chi connectivity index (χ3v) is 9.16. The lowest BCUT2D eigenvalue weighted by atomic mass is 10.2. The van der Waals surface area contributed by atoms with Gasteiger partial charge in [-0.1, -0.05) is 72.8 Å². The number of hydrogen-bond acceptors (Lipinski definition) is 2. The van der Waals surface area contributed by atoms with Crippen LogP contribution in [-0.4, -0.2) is 14.1 Å². The molecular weight excluding hydrogens is 494 g/mol. The molecule has 0 fully saturated rings. The van der Waals surface area contributed by atoms with E-state index in [1.165, 1.54) is 58.4 Å². The van der Waals surface area contributed by atoms with Crippen molar-refractivity contribution in [3.05, 3.63) is 128 Å². The van der Waals surface area contributed by atoms with Gasteiger partial charge in [-0.2, -0.15) is 0 Å². The average molecular weight is 516 g/mol. The fraction of sp³-hybridized carbons (Fsp3) is 0. The fourth-order valence-corrected chi connectivity index (χ4v) is 7.49. The van der Waals surface area contributed by atoms with Crippen LogP contribution >= 0.6 is 11.3 Å². The van der Waals surface area contributed by atoms with Crippen molar-refractivity contribution in [2.75, 3.05) is 0 Å². The third kappa shape index (κ3) is 2.84. The highest BCUT2D eigenvalue weighted by molar-refractivity contribution is 7.26. The molecule has 0 amide bonds. The molecule has 4 aromatic heterocycles. The van der Waals surface area contributed by atoms with Gasteiger partial charge in [0.05, 0.1) is 32.3 Å². The van der Waals surface area contributed by atoms with Crippen molar-refractivity contribution >= 4 is 75.3 Å². The number of hydrogen-bond donors (Lipinski definition) is 0. The number of nitrogens with zero attached hydrogens (tertiary/aromatic N) is 3. The molecule has 0 saturated heterocycles. The van der Waals surface area contributed by atoms with Crippen LogP contribution in [0.4, 0.5) is 0 Å². The molecule has 0 aliphatic heterocycles. The van der Waals surface area contributed by atoms with E-state index in [2.05, 4.69) is 137 Å². The Labute approximate surface area is 227 Å². The van der Waals surface area contributed by atoms with E-state index in [1.54, 1.807) is 0 Å². The number of rotatable bonds is 2. The van der Waals surface area contributed by atoms with Crippen molar-refractivity contribution in [2.45, 2.75) is 0 Å². The Morgan fingerprint density at radius 3 is 1.64 bits per heavy atom. The van der Waals surface area contributed by atoms with E-state index in [9.17, 15) is 0 Å². The summed E-state index contributed by atoms with van der Waals surface area (Å²) >= 11 is 1.85. The van der Waals surface area contributed by atoms with Crippen LogP contribution in [0.5, 0.6) is 0 Å². The molecule has 0 spiro atoms. The summed E-state index contributed by atoms with van der Waals surface area (Å²) in [5.74, 6) is 0. The Bertz CT molecular complexity index is 2330. The van der Waals surface area contributed by atoms with Crippen LogP contribution < -0.4 is 0 Å². The summed E-state index contributed by atoms with van der Waals surface area (Å²) in [6.07, 6.45) is 2.05. The predicted molar refractivity (Wildman–Crippen MR) is 166 cm³/mol. The van der Waals surface area contributed by atoms with Crippen molar-refractivity contribution in [3.8, 4) is 11.4 Å². The van der Waals surface area contributed by atoms with Gasteiger partial charge in [-0.15, -0.1) is 11.3 Å². The van der Waals surface area contributed by atoms with Gasteiger partial charge in [0.1, 0.15) is 0 Å². The zero-order valence-electron chi connectivity index (χ0n) is 20.9. The van der Waals surface area contributed by atoms with Gasteiger partial charge in [0.15, 0.2) is 0 Å². The van der Waals surface area contributed by atoms with Crippen LogP contribution in [0.1, 0.15) is 0 Å². The van der Waals surface area contributed by atoms with Gasteiger partial charge in [-0.25, -0.2) is 0 Å². The van der Waals surface area contributed by atoms with Gasteiger partial charge in [0.25, 0.3) is 0 Å². The molecule has 182 valence electrons. The van der Waals surface area contributed by atoms with Crippen molar-refractivity contribution in [1.82, 2.24) is 14.1 Å². The highest BCUT2D eigenvalue weighted by atomic mass is 32.1. The lowest BCUT2D eigenvalue weighted by molar-refractivity contribution is 1.15. The van der Waals surface area contributed by atoms with Crippen LogP contribution in [0.2, 0.25) is 0 Å². The van der Waals surface area contributed by atoms with Crippen LogP contribution in [0.25, 0.3) is 75.3 Å². The molecule has 4 heteroatoms. The molecule has 0 unspecified atom stereocenters. The fourth-order valence-electron chi connectivity index (χ4n) is 6.28. The molecular formula is C35H21N3S. The lowest BCUT2D eigenvalue weighted by Gasteiger charge is -2.12. The van der Waals surface area contributed by atoms with E-state index in [0.717, 1.165) is 16.9 Å². The summed E-state index contributed by atoms with van der Waals surface area (Å²) in [5.41, 5.74) is 8.14. The van der Waals surface area contributed by atoms with Gasteiger partial charge in [-0.05, 0) is 48.5 Å². The average Bonchev–Trinajstić information content (AvgIpc) is 3.65. The second-order valence-electron chi connectivity index (χ2n) is 10.0. The van der Waals surface area contributed by atoms with Crippen molar-refractivity contribution < 1.29 is 0 Å². The van der Waals surface area contributed by atoms with E-state index in [0.29, 0.717) is 0 Å². The zero-order chi connectivity index (χ0) is 25.5. The first kappa shape index (κ1) is 21.1. The van der Waals surface area contributed by atoms with E-state index < -0.39 is 0 Å². The first-order valence-electron chi connectivity index (χ1n) is 13.2. The molecule has 0 saturated carbocycles. The smallest absolute Gasteiger partial charge is 0.0978 e. The minimum Gasteiger partial charge on any atom is -0.309 e. The summed E-state index contributed by atoms with van der Waals surface area (Å²) in [5, 5.41) is 6.22. The maximum absolute atomic E-state index is 5.01. The van der Waals surface area contributed by atoms with Gasteiger partial charge < -0.3 is 9.13 Å². The van der Waals surface area contributed by atoms with Gasteiger partial charge in [0, 0.05) is 49.2 Å². The number of thiophene rings is 1. The van der Waals surface area contributed by atoms with Gasteiger partial charge in [0.2, 0.25) is 0 Å². The molecule has 0 bridgehead atoms. The molecule has 5 aromatic carbocycles. The number of pyridine rings is 1. The largest absolute Gasteiger partial charge is 0.309 e. The molecule has 3 nitrogen and oxygen atoms in total. The predicted octanol–water partition coefficient (Wildman–Crippen LogP) is 9.64. The van der Waals surface area contributed by atoms with Crippen LogP contribution in [0, 0.1) is 0 Å². The van der Waals surface area contributed by atoms with Crippen molar-refractivity contribution in [1.29, 1.82) is 0 Å². The molecule has 0 radical (unpaired) electrons. The summed E-state index contributed by atoms with van der Waals surface area (Å²) in [7, 11) is 0. The maximum atomic E-state index is 5.01. The van der Waals surface area contributed by atoms with E-state index in [-0.39, 0.29) is 0 Å². The standard InChI is InChI=1S/C35H21N3S/c1-5-13-29-24(9-1)25-10-2-6-14-30(25)37(29)22-17-19-23(20-18-22)38-31-15-7-3-12-27(31)33-34(38)35-28(21-36-33)26-11-4-8-16-32(26)39-35/h1-21H. The molecule has 39 heavy (non-hydrogen) atoms. The summed E-state index contributed by atoms with van der Waals surface area (Å²) < 4.78 is 7.33. The SMILES string of the molecule is c1ccc2c(c1)sc1c2cnc2c3ccccc3n(-c3ccc(-n4c5ccccc5c5ccccc54)cc3)c21. The molecule has 0 aliphatic rings. The van der Waals surface area contributed by atoms with Gasteiger partial charge >= 0.3 is 0 Å². The second-order valence-corrected chi connectivity index (χ2v) is 11.1. The number of fused-ring (bicyclic) bond motifs is 10. The molecule has 9 rings (SSSR count). The first-order valence-corrected chi connectivity index (χ1v) is 14.0. The summed E-state index contributed by atoms with van der Waals surface area (Å²) in [6, 6.07) is 43.6. The topological polar surface area (TPSA) is 22.8 Å². The molecule has 4 heterocycles. The zero-order valence-corrected chi connectivity index (χ0v) is 21.7. The van der Waals surface area contributed by atoms with Crippen LogP contribution in [0.15, 0.2) is 128 Å². The highest BCUT2D eigenvalue weighted by Gasteiger charge is 2.19. The Balaban J connectivity index is 1.33. The van der Waals surface area contributed by atoms with Crippen molar-refractivity contribution in [3.63, 3.8) is 0 Å². The Morgan fingerprint density at radius 2 is 0.974 bits per heavy atom. The quantitative estimate of drug-likeness (QED) is 0.225. The summed E-state index contributed by atoms with van der Waals surface area (Å²) in [6.45, 7) is 0.